The van der Waals surface area contributed by atoms with Crippen molar-refractivity contribution in [2.45, 2.75) is 38.3 Å². The number of hydrogen-bond acceptors (Lipinski definition) is 3. The lowest BCUT2D eigenvalue weighted by atomic mass is 9.97. The Balaban J connectivity index is 4.73. The summed E-state index contributed by atoms with van der Waals surface area (Å²) in [6.07, 6.45) is 3.93. The number of rotatable bonds is 9. The molecule has 0 rings (SSSR count). The molecule has 19 heavy (non-hydrogen) atoms. The second kappa shape index (κ2) is 8.12. The van der Waals surface area contributed by atoms with Gasteiger partial charge < -0.3 is 15.1 Å². The minimum Gasteiger partial charge on any atom is -0.481 e. The van der Waals surface area contributed by atoms with Crippen molar-refractivity contribution in [3.8, 4) is 0 Å². The summed E-state index contributed by atoms with van der Waals surface area (Å²) in [6, 6.07) is 0. The predicted molar refractivity (Wildman–Crippen MR) is 71.6 cm³/mol. The Hall–Kier alpha value is -1.13. The number of aliphatic carboxylic acids is 2. The van der Waals surface area contributed by atoms with Crippen molar-refractivity contribution in [3.05, 3.63) is 12.2 Å². The van der Waals surface area contributed by atoms with Gasteiger partial charge in [0.2, 0.25) is 7.37 Å². The first-order valence-electron chi connectivity index (χ1n) is 6.07. The van der Waals surface area contributed by atoms with E-state index in [4.69, 9.17) is 10.2 Å². The van der Waals surface area contributed by atoms with Gasteiger partial charge in [-0.1, -0.05) is 18.6 Å². The molecule has 0 fully saturated rings. The third-order valence-electron chi connectivity index (χ3n) is 2.83. The summed E-state index contributed by atoms with van der Waals surface area (Å²) in [7, 11) is -3.55. The van der Waals surface area contributed by atoms with Gasteiger partial charge in [0.15, 0.2) is 0 Å². The average molecular weight is 292 g/mol. The SMILES string of the molecule is CC=CC(C(CCCCC(=O)O)C(=O)O)P(C)(=O)O. The van der Waals surface area contributed by atoms with Gasteiger partial charge in [-0.25, -0.2) is 0 Å². The van der Waals surface area contributed by atoms with Crippen molar-refractivity contribution in [3.63, 3.8) is 0 Å². The number of allylic oxidation sites excluding steroid dienone is 2. The monoisotopic (exact) mass is 292 g/mol. The van der Waals surface area contributed by atoms with E-state index in [-0.39, 0.29) is 12.8 Å². The van der Waals surface area contributed by atoms with Crippen LogP contribution in [0, 0.1) is 5.92 Å². The molecule has 7 heteroatoms. The lowest BCUT2D eigenvalue weighted by molar-refractivity contribution is -0.141. The number of carboxylic acid groups (broad SMARTS) is 2. The Kier molecular flexibility index (Phi) is 7.64. The van der Waals surface area contributed by atoms with Crippen molar-refractivity contribution >= 4 is 19.3 Å². The molecule has 0 amide bonds. The van der Waals surface area contributed by atoms with Crippen molar-refractivity contribution in [1.29, 1.82) is 0 Å². The number of carbonyl (C=O) groups is 2. The molecule has 3 unspecified atom stereocenters. The summed E-state index contributed by atoms with van der Waals surface area (Å²) in [5.74, 6) is -3.03. The molecule has 0 aliphatic rings. The second-order valence-electron chi connectivity index (χ2n) is 4.54. The lowest BCUT2D eigenvalue weighted by Gasteiger charge is -2.23. The standard InChI is InChI=1S/C12H21O6P/c1-3-6-10(19(2,17)18)9(12(15)16)7-4-5-8-11(13)14/h3,6,9-10H,4-5,7-8H2,1-2H3,(H,13,14)(H,15,16)(H,17,18). The minimum atomic E-state index is -3.55. The fourth-order valence-corrected chi connectivity index (χ4v) is 3.34. The van der Waals surface area contributed by atoms with E-state index in [1.54, 1.807) is 13.0 Å². The zero-order valence-corrected chi connectivity index (χ0v) is 12.0. The maximum absolute atomic E-state index is 11.7. The van der Waals surface area contributed by atoms with E-state index in [1.165, 1.54) is 6.08 Å². The van der Waals surface area contributed by atoms with Gasteiger partial charge in [0.1, 0.15) is 0 Å². The van der Waals surface area contributed by atoms with E-state index in [9.17, 15) is 19.0 Å². The van der Waals surface area contributed by atoms with Crippen molar-refractivity contribution in [2.75, 3.05) is 6.66 Å². The molecule has 0 bridgehead atoms. The Labute approximate surface area is 112 Å². The highest BCUT2D eigenvalue weighted by atomic mass is 31.2. The molecule has 0 radical (unpaired) electrons. The molecule has 3 atom stereocenters. The summed E-state index contributed by atoms with van der Waals surface area (Å²) in [5.41, 5.74) is -0.931. The largest absolute Gasteiger partial charge is 0.481 e. The number of hydrogen-bond donors (Lipinski definition) is 3. The normalized spacial score (nSPS) is 17.8. The van der Waals surface area contributed by atoms with E-state index in [1.807, 2.05) is 0 Å². The molecular weight excluding hydrogens is 271 g/mol. The van der Waals surface area contributed by atoms with Crippen LogP contribution in [0.2, 0.25) is 0 Å². The molecule has 110 valence electrons. The first-order valence-corrected chi connectivity index (χ1v) is 8.25. The van der Waals surface area contributed by atoms with Crippen LogP contribution in [0.3, 0.4) is 0 Å². The maximum atomic E-state index is 11.7. The second-order valence-corrected chi connectivity index (χ2v) is 7.03. The van der Waals surface area contributed by atoms with E-state index in [2.05, 4.69) is 0 Å². The summed E-state index contributed by atoms with van der Waals surface area (Å²) < 4.78 is 11.7. The lowest BCUT2D eigenvalue weighted by Crippen LogP contribution is -2.27. The van der Waals surface area contributed by atoms with Crippen LogP contribution < -0.4 is 0 Å². The van der Waals surface area contributed by atoms with Gasteiger partial charge >= 0.3 is 11.9 Å². The molecule has 0 saturated carbocycles. The van der Waals surface area contributed by atoms with E-state index in [0.29, 0.717) is 12.8 Å². The zero-order valence-electron chi connectivity index (χ0n) is 11.2. The average Bonchev–Trinajstić information content (AvgIpc) is 2.24. The molecule has 0 spiro atoms. The zero-order chi connectivity index (χ0) is 15.1. The Bertz CT molecular complexity index is 384. The van der Waals surface area contributed by atoms with Crippen molar-refractivity contribution < 1.29 is 29.3 Å². The van der Waals surface area contributed by atoms with Crippen LogP contribution >= 0.6 is 7.37 Å². The summed E-state index contributed by atoms with van der Waals surface area (Å²) >= 11 is 0. The van der Waals surface area contributed by atoms with E-state index >= 15 is 0 Å². The van der Waals surface area contributed by atoms with E-state index in [0.717, 1.165) is 6.66 Å². The van der Waals surface area contributed by atoms with Gasteiger partial charge in [-0.3, -0.25) is 14.2 Å². The summed E-state index contributed by atoms with van der Waals surface area (Å²) in [5, 5.41) is 17.7. The van der Waals surface area contributed by atoms with Crippen LogP contribution in [0.1, 0.15) is 32.6 Å². The van der Waals surface area contributed by atoms with Crippen LogP contribution in [-0.4, -0.2) is 39.4 Å². The van der Waals surface area contributed by atoms with Crippen LogP contribution in [0.25, 0.3) is 0 Å². The van der Waals surface area contributed by atoms with Gasteiger partial charge in [-0.15, -0.1) is 0 Å². The Morgan fingerprint density at radius 3 is 2.21 bits per heavy atom. The van der Waals surface area contributed by atoms with E-state index < -0.39 is 30.9 Å². The molecule has 0 heterocycles. The first kappa shape index (κ1) is 17.9. The van der Waals surface area contributed by atoms with Crippen LogP contribution in [0.15, 0.2) is 12.2 Å². The van der Waals surface area contributed by atoms with Gasteiger partial charge in [0, 0.05) is 13.1 Å². The molecule has 0 aliphatic heterocycles. The Morgan fingerprint density at radius 1 is 1.26 bits per heavy atom. The maximum Gasteiger partial charge on any atom is 0.307 e. The van der Waals surface area contributed by atoms with Gasteiger partial charge in [0.25, 0.3) is 0 Å². The van der Waals surface area contributed by atoms with Gasteiger partial charge in [-0.2, -0.15) is 0 Å². The fraction of sp³-hybridized carbons (Fsp3) is 0.667. The van der Waals surface area contributed by atoms with Crippen molar-refractivity contribution in [1.82, 2.24) is 0 Å². The molecule has 0 aromatic carbocycles. The number of carboxylic acids is 2. The predicted octanol–water partition coefficient (Wildman–Crippen LogP) is 2.18. The molecule has 0 saturated heterocycles. The highest BCUT2D eigenvalue weighted by molar-refractivity contribution is 7.58. The summed E-state index contributed by atoms with van der Waals surface area (Å²) in [4.78, 5) is 31.2. The summed E-state index contributed by atoms with van der Waals surface area (Å²) in [6.45, 7) is 2.80. The molecular formula is C12H21O6P. The molecule has 3 N–H and O–H groups in total. The first-order chi connectivity index (χ1) is 8.70. The Morgan fingerprint density at radius 2 is 1.84 bits per heavy atom. The third-order valence-corrected chi connectivity index (χ3v) is 4.47. The minimum absolute atomic E-state index is 0.0243. The molecule has 6 nitrogen and oxygen atoms in total. The van der Waals surface area contributed by atoms with Gasteiger partial charge in [-0.05, 0) is 19.8 Å². The smallest absolute Gasteiger partial charge is 0.307 e. The van der Waals surface area contributed by atoms with Crippen LogP contribution in [0.5, 0.6) is 0 Å². The highest BCUT2D eigenvalue weighted by Gasteiger charge is 2.35. The van der Waals surface area contributed by atoms with Crippen LogP contribution in [0.4, 0.5) is 0 Å². The van der Waals surface area contributed by atoms with Crippen LogP contribution in [-0.2, 0) is 14.2 Å². The number of unbranched alkanes of at least 4 members (excludes halogenated alkanes) is 1. The topological polar surface area (TPSA) is 112 Å². The van der Waals surface area contributed by atoms with Crippen molar-refractivity contribution in [2.24, 2.45) is 5.92 Å². The highest BCUT2D eigenvalue weighted by Crippen LogP contribution is 2.47. The molecule has 0 aromatic heterocycles. The quantitative estimate of drug-likeness (QED) is 0.341. The fourth-order valence-electron chi connectivity index (χ4n) is 1.91. The third kappa shape index (κ3) is 7.13. The molecule has 0 aliphatic carbocycles. The molecule has 0 aromatic rings. The van der Waals surface area contributed by atoms with Gasteiger partial charge in [0.05, 0.1) is 11.6 Å².